The zero-order valence-electron chi connectivity index (χ0n) is 13.0. The predicted octanol–water partition coefficient (Wildman–Crippen LogP) is 0.951. The Hall–Kier alpha value is -2.41. The van der Waals surface area contributed by atoms with Gasteiger partial charge in [0.1, 0.15) is 6.04 Å². The summed E-state index contributed by atoms with van der Waals surface area (Å²) in [6, 6.07) is 6.18. The van der Waals surface area contributed by atoms with Crippen molar-refractivity contribution < 1.29 is 30.1 Å². The van der Waals surface area contributed by atoms with Gasteiger partial charge in [-0.2, -0.15) is 0 Å². The largest absolute Gasteiger partial charge is 0.481 e. The van der Waals surface area contributed by atoms with Gasteiger partial charge in [-0.25, -0.2) is 4.79 Å². The van der Waals surface area contributed by atoms with Crippen molar-refractivity contribution >= 4 is 23.5 Å². The Kier molecular flexibility index (Phi) is 5.86. The van der Waals surface area contributed by atoms with E-state index in [1.165, 1.54) is 4.90 Å². The Morgan fingerprint density at radius 1 is 1.17 bits per heavy atom. The van der Waals surface area contributed by atoms with Crippen LogP contribution in [-0.2, 0) is 20.8 Å². The molecular formula is C16H21NO6. The summed E-state index contributed by atoms with van der Waals surface area (Å²) in [7, 11) is 0. The van der Waals surface area contributed by atoms with Gasteiger partial charge in [0, 0.05) is 18.0 Å². The van der Waals surface area contributed by atoms with E-state index in [1.54, 1.807) is 26.0 Å². The molecule has 0 saturated heterocycles. The number of carbonyl (C=O) groups excluding carboxylic acids is 1. The van der Waals surface area contributed by atoms with E-state index in [-0.39, 0.29) is 24.2 Å². The predicted molar refractivity (Wildman–Crippen MR) is 83.3 cm³/mol. The van der Waals surface area contributed by atoms with E-state index in [0.717, 1.165) is 5.56 Å². The van der Waals surface area contributed by atoms with Crippen molar-refractivity contribution in [2.24, 2.45) is 11.8 Å². The number of benzene rings is 1. The average molecular weight is 323 g/mol. The second-order valence-corrected chi connectivity index (χ2v) is 5.77. The maximum atomic E-state index is 12.7. The van der Waals surface area contributed by atoms with E-state index in [4.69, 9.17) is 5.11 Å². The molecule has 7 nitrogen and oxygen atoms in total. The second kappa shape index (κ2) is 7.23. The van der Waals surface area contributed by atoms with E-state index in [9.17, 15) is 19.5 Å². The van der Waals surface area contributed by atoms with Crippen LogP contribution in [0, 0.1) is 11.8 Å². The number of nitrogens with zero attached hydrogens (tertiary/aromatic N) is 1. The van der Waals surface area contributed by atoms with E-state index < -0.39 is 29.8 Å². The van der Waals surface area contributed by atoms with Gasteiger partial charge in [0.25, 0.3) is 0 Å². The number of amides is 1. The topological polar surface area (TPSA) is 126 Å². The highest BCUT2D eigenvalue weighted by atomic mass is 16.4. The molecule has 0 unspecified atom stereocenters. The monoisotopic (exact) mass is 323 g/mol. The van der Waals surface area contributed by atoms with Crippen molar-refractivity contribution in [1.29, 1.82) is 0 Å². The summed E-state index contributed by atoms with van der Waals surface area (Å²) in [5.41, 5.74) is 1.43. The van der Waals surface area contributed by atoms with Crippen molar-refractivity contribution in [3.63, 3.8) is 0 Å². The van der Waals surface area contributed by atoms with Gasteiger partial charge < -0.3 is 15.7 Å². The van der Waals surface area contributed by atoms with Crippen LogP contribution in [0.5, 0.6) is 0 Å². The standard InChI is InChI=1S/C16H19NO5.H2O/c1-9(7-10(2)15(19)20)14(18)17-12-6-4-3-5-11(12)8-13(17)16(21)22;/h3-6,9-10,13H,7-8H2,1-2H3,(H,19,20)(H,21,22);1H2/t9-,10-,13+;/m1./s1. The first-order chi connectivity index (χ1) is 10.3. The number of carboxylic acids is 2. The summed E-state index contributed by atoms with van der Waals surface area (Å²) in [4.78, 5) is 36.3. The molecule has 1 aromatic rings. The van der Waals surface area contributed by atoms with Gasteiger partial charge in [0.2, 0.25) is 5.91 Å². The van der Waals surface area contributed by atoms with Gasteiger partial charge >= 0.3 is 11.9 Å². The van der Waals surface area contributed by atoms with Crippen molar-refractivity contribution in [2.45, 2.75) is 32.7 Å². The highest BCUT2D eigenvalue weighted by molar-refractivity contribution is 6.02. The van der Waals surface area contributed by atoms with Crippen LogP contribution in [0.15, 0.2) is 24.3 Å². The van der Waals surface area contributed by atoms with Crippen LogP contribution in [0.25, 0.3) is 0 Å². The molecule has 1 aliphatic heterocycles. The molecule has 23 heavy (non-hydrogen) atoms. The fraction of sp³-hybridized carbons (Fsp3) is 0.438. The molecule has 4 N–H and O–H groups in total. The lowest BCUT2D eigenvalue weighted by Gasteiger charge is -2.26. The highest BCUT2D eigenvalue weighted by Crippen LogP contribution is 2.34. The summed E-state index contributed by atoms with van der Waals surface area (Å²) >= 11 is 0. The zero-order chi connectivity index (χ0) is 16.4. The number of carbonyl (C=O) groups is 3. The number of hydrogen-bond acceptors (Lipinski definition) is 3. The first-order valence-electron chi connectivity index (χ1n) is 7.19. The average Bonchev–Trinajstić information content (AvgIpc) is 2.85. The Balaban J connectivity index is 0.00000264. The van der Waals surface area contributed by atoms with E-state index in [0.29, 0.717) is 5.69 Å². The third-order valence-corrected chi connectivity index (χ3v) is 4.05. The molecule has 0 saturated carbocycles. The summed E-state index contributed by atoms with van der Waals surface area (Å²) in [5, 5.41) is 18.3. The van der Waals surface area contributed by atoms with E-state index in [2.05, 4.69) is 0 Å². The zero-order valence-corrected chi connectivity index (χ0v) is 13.0. The molecule has 0 radical (unpaired) electrons. The molecule has 1 aliphatic rings. The van der Waals surface area contributed by atoms with Gasteiger partial charge in [0.05, 0.1) is 5.92 Å². The molecule has 0 spiro atoms. The number of rotatable bonds is 5. The number of hydrogen-bond donors (Lipinski definition) is 2. The molecule has 126 valence electrons. The lowest BCUT2D eigenvalue weighted by Crippen LogP contribution is -2.45. The molecule has 0 fully saturated rings. The third-order valence-electron chi connectivity index (χ3n) is 4.05. The summed E-state index contributed by atoms with van der Waals surface area (Å²) in [6.45, 7) is 3.18. The smallest absolute Gasteiger partial charge is 0.327 e. The second-order valence-electron chi connectivity index (χ2n) is 5.77. The first kappa shape index (κ1) is 18.6. The van der Waals surface area contributed by atoms with Crippen LogP contribution in [0.3, 0.4) is 0 Å². The summed E-state index contributed by atoms with van der Waals surface area (Å²) in [5.74, 6) is -3.57. The van der Waals surface area contributed by atoms with Crippen molar-refractivity contribution in [2.75, 3.05) is 4.90 Å². The molecule has 0 bridgehead atoms. The number of aliphatic carboxylic acids is 2. The van der Waals surface area contributed by atoms with Gasteiger partial charge in [0.15, 0.2) is 0 Å². The van der Waals surface area contributed by atoms with E-state index in [1.807, 2.05) is 12.1 Å². The van der Waals surface area contributed by atoms with Gasteiger partial charge in [-0.05, 0) is 18.1 Å². The van der Waals surface area contributed by atoms with Crippen molar-refractivity contribution in [3.8, 4) is 0 Å². The fourth-order valence-electron chi connectivity index (χ4n) is 2.83. The Morgan fingerprint density at radius 2 is 1.78 bits per heavy atom. The third kappa shape index (κ3) is 3.68. The molecule has 1 aromatic carbocycles. The number of fused-ring (bicyclic) bond motifs is 1. The molecule has 1 amide bonds. The lowest BCUT2D eigenvalue weighted by atomic mass is 9.96. The van der Waals surface area contributed by atoms with Crippen LogP contribution in [-0.4, -0.2) is 39.6 Å². The minimum Gasteiger partial charge on any atom is -0.481 e. The Bertz CT molecular complexity index is 614. The van der Waals surface area contributed by atoms with Crippen molar-refractivity contribution in [1.82, 2.24) is 0 Å². The fourth-order valence-corrected chi connectivity index (χ4v) is 2.83. The SMILES string of the molecule is C[C@H](C[C@@H](C)C(=O)N1c2ccccc2C[C@H]1C(=O)O)C(=O)O.O. The Morgan fingerprint density at radius 3 is 2.35 bits per heavy atom. The van der Waals surface area contributed by atoms with Crippen LogP contribution >= 0.6 is 0 Å². The number of carboxylic acid groups (broad SMARTS) is 2. The van der Waals surface area contributed by atoms with Gasteiger partial charge in [-0.1, -0.05) is 32.0 Å². The molecule has 0 aromatic heterocycles. The van der Waals surface area contributed by atoms with Crippen molar-refractivity contribution in [3.05, 3.63) is 29.8 Å². The summed E-state index contributed by atoms with van der Waals surface area (Å²) in [6.07, 6.45) is 0.456. The molecular weight excluding hydrogens is 302 g/mol. The van der Waals surface area contributed by atoms with Crippen LogP contribution < -0.4 is 4.90 Å². The quantitative estimate of drug-likeness (QED) is 0.834. The number of anilines is 1. The van der Waals surface area contributed by atoms with Crippen LogP contribution in [0.4, 0.5) is 5.69 Å². The normalized spacial score (nSPS) is 18.5. The summed E-state index contributed by atoms with van der Waals surface area (Å²) < 4.78 is 0. The maximum Gasteiger partial charge on any atom is 0.327 e. The maximum absolute atomic E-state index is 12.7. The molecule has 0 aliphatic carbocycles. The van der Waals surface area contributed by atoms with E-state index >= 15 is 0 Å². The van der Waals surface area contributed by atoms with Gasteiger partial charge in [-0.3, -0.25) is 14.5 Å². The van der Waals surface area contributed by atoms with Gasteiger partial charge in [-0.15, -0.1) is 0 Å². The van der Waals surface area contributed by atoms with Crippen LogP contribution in [0.2, 0.25) is 0 Å². The molecule has 1 heterocycles. The number of para-hydroxylation sites is 1. The molecule has 2 rings (SSSR count). The first-order valence-corrected chi connectivity index (χ1v) is 7.19. The minimum absolute atomic E-state index is 0. The Labute approximate surface area is 133 Å². The molecule has 7 heteroatoms. The highest BCUT2D eigenvalue weighted by Gasteiger charge is 2.40. The minimum atomic E-state index is -1.05. The lowest BCUT2D eigenvalue weighted by molar-refractivity contribution is -0.143. The molecule has 3 atom stereocenters. The van der Waals surface area contributed by atoms with Crippen LogP contribution in [0.1, 0.15) is 25.8 Å².